The van der Waals surface area contributed by atoms with Crippen LogP contribution in [-0.4, -0.2) is 29.6 Å². The molecule has 18 heavy (non-hydrogen) atoms. The molecule has 2 aliphatic rings. The van der Waals surface area contributed by atoms with Crippen LogP contribution in [0.15, 0.2) is 0 Å². The first-order valence-corrected chi connectivity index (χ1v) is 6.65. The van der Waals surface area contributed by atoms with E-state index in [4.69, 9.17) is 4.74 Å². The summed E-state index contributed by atoms with van der Waals surface area (Å²) < 4.78 is 5.37. The fourth-order valence-corrected chi connectivity index (χ4v) is 3.58. The predicted octanol–water partition coefficient (Wildman–Crippen LogP) is 1.70. The van der Waals surface area contributed by atoms with Crippen molar-refractivity contribution in [2.75, 3.05) is 6.61 Å². The monoisotopic (exact) mass is 254 g/mol. The first-order chi connectivity index (χ1) is 8.32. The van der Waals surface area contributed by atoms with Gasteiger partial charge in [-0.1, -0.05) is 13.8 Å². The van der Waals surface area contributed by atoms with E-state index < -0.39 is 17.1 Å². The molecule has 0 bridgehead atoms. The number of carbonyl (C=O) groups excluding carboxylic acids is 2. The second-order valence-electron chi connectivity index (χ2n) is 6.16. The summed E-state index contributed by atoms with van der Waals surface area (Å²) in [5.41, 5.74) is -1.21. The Balaban J connectivity index is 2.33. The van der Waals surface area contributed by atoms with E-state index >= 15 is 0 Å². The summed E-state index contributed by atoms with van der Waals surface area (Å²) in [5, 5.41) is 10.1. The largest absolute Gasteiger partial charge is 0.367 e. The minimum Gasteiger partial charge on any atom is -0.367 e. The smallest absolute Gasteiger partial charge is 0.161 e. The van der Waals surface area contributed by atoms with Crippen LogP contribution in [0, 0.1) is 16.7 Å². The lowest BCUT2D eigenvalue weighted by atomic mass is 9.51. The van der Waals surface area contributed by atoms with Gasteiger partial charge in [0.25, 0.3) is 0 Å². The lowest BCUT2D eigenvalue weighted by molar-refractivity contribution is -0.178. The molecule has 1 aliphatic heterocycles. The van der Waals surface area contributed by atoms with Gasteiger partial charge in [-0.15, -0.1) is 0 Å². The van der Waals surface area contributed by atoms with Crippen molar-refractivity contribution >= 4 is 11.6 Å². The Kier molecular flexibility index (Phi) is 3.36. The number of hydrogen-bond acceptors (Lipinski definition) is 4. The molecule has 1 heterocycles. The first kappa shape index (κ1) is 13.7. The Hall–Kier alpha value is -0.740. The molecular formula is C14H22O4. The van der Waals surface area contributed by atoms with Gasteiger partial charge in [-0.3, -0.25) is 4.79 Å². The van der Waals surface area contributed by atoms with Crippen molar-refractivity contribution in [2.24, 2.45) is 16.7 Å². The minimum atomic E-state index is -0.899. The van der Waals surface area contributed by atoms with E-state index in [1.54, 1.807) is 0 Å². The lowest BCUT2D eigenvalue weighted by Crippen LogP contribution is -2.55. The van der Waals surface area contributed by atoms with Gasteiger partial charge in [0.2, 0.25) is 0 Å². The molecule has 0 aromatic carbocycles. The molecule has 0 amide bonds. The van der Waals surface area contributed by atoms with Gasteiger partial charge in [0.1, 0.15) is 11.6 Å². The van der Waals surface area contributed by atoms with Gasteiger partial charge in [0.15, 0.2) is 6.29 Å². The molecule has 1 saturated carbocycles. The molecular weight excluding hydrogens is 232 g/mol. The average Bonchev–Trinajstić information content (AvgIpc) is 2.61. The molecule has 0 radical (unpaired) electrons. The van der Waals surface area contributed by atoms with Crippen molar-refractivity contribution in [3.05, 3.63) is 0 Å². The number of hydrogen-bond donors (Lipinski definition) is 1. The van der Waals surface area contributed by atoms with Gasteiger partial charge >= 0.3 is 0 Å². The maximum atomic E-state index is 12.3. The van der Waals surface area contributed by atoms with E-state index in [0.717, 1.165) is 6.42 Å². The number of ether oxygens (including phenoxy) is 1. The topological polar surface area (TPSA) is 63.6 Å². The van der Waals surface area contributed by atoms with E-state index in [1.807, 2.05) is 13.8 Å². The quantitative estimate of drug-likeness (QED) is 0.832. The molecule has 2 fully saturated rings. The van der Waals surface area contributed by atoms with Crippen molar-refractivity contribution in [1.29, 1.82) is 0 Å². The molecule has 4 nitrogen and oxygen atoms in total. The van der Waals surface area contributed by atoms with Gasteiger partial charge in [-0.05, 0) is 25.7 Å². The third-order valence-corrected chi connectivity index (χ3v) is 5.32. The Morgan fingerprint density at radius 3 is 2.78 bits per heavy atom. The van der Waals surface area contributed by atoms with Crippen LogP contribution >= 0.6 is 0 Å². The molecule has 0 aromatic rings. The highest BCUT2D eigenvalue weighted by atomic mass is 16.6. The highest BCUT2D eigenvalue weighted by Crippen LogP contribution is 2.59. The summed E-state index contributed by atoms with van der Waals surface area (Å²) in [7, 11) is 0. The van der Waals surface area contributed by atoms with Gasteiger partial charge in [0, 0.05) is 23.7 Å². The molecule has 4 heteroatoms. The third-order valence-electron chi connectivity index (χ3n) is 5.32. The lowest BCUT2D eigenvalue weighted by Gasteiger charge is -2.50. The standard InChI is InChI=1S/C14H22O4/c1-9(15)6-7-13(2)11(16)5-4-10-8-18-12(17)14(10,13)3/h10,12,17H,4-8H2,1-3H3/t10-,12+,13-,14+/m0/s1. The molecule has 1 aliphatic carbocycles. The average molecular weight is 254 g/mol. The minimum absolute atomic E-state index is 0.0863. The van der Waals surface area contributed by atoms with Crippen LogP contribution in [0.1, 0.15) is 46.5 Å². The molecule has 1 saturated heterocycles. The predicted molar refractivity (Wildman–Crippen MR) is 65.8 cm³/mol. The van der Waals surface area contributed by atoms with E-state index in [1.165, 1.54) is 6.92 Å². The zero-order valence-corrected chi connectivity index (χ0v) is 11.4. The Morgan fingerprint density at radius 2 is 2.17 bits per heavy atom. The zero-order valence-electron chi connectivity index (χ0n) is 11.4. The van der Waals surface area contributed by atoms with E-state index in [9.17, 15) is 14.7 Å². The van der Waals surface area contributed by atoms with Crippen LogP contribution in [-0.2, 0) is 14.3 Å². The summed E-state index contributed by atoms with van der Waals surface area (Å²) >= 11 is 0. The summed E-state index contributed by atoms with van der Waals surface area (Å²) in [5.74, 6) is 0.456. The highest BCUT2D eigenvalue weighted by molar-refractivity contribution is 5.87. The van der Waals surface area contributed by atoms with Crippen LogP contribution < -0.4 is 0 Å². The van der Waals surface area contributed by atoms with Gasteiger partial charge < -0.3 is 14.6 Å². The highest BCUT2D eigenvalue weighted by Gasteiger charge is 2.62. The van der Waals surface area contributed by atoms with Crippen molar-refractivity contribution < 1.29 is 19.4 Å². The molecule has 1 N–H and O–H groups in total. The number of Topliss-reactive ketones (excluding diaryl/α,β-unsaturated/α-hetero) is 2. The number of carbonyl (C=O) groups is 2. The van der Waals surface area contributed by atoms with Gasteiger partial charge in [-0.25, -0.2) is 0 Å². The number of rotatable bonds is 3. The van der Waals surface area contributed by atoms with Crippen LogP contribution in [0.3, 0.4) is 0 Å². The van der Waals surface area contributed by atoms with Crippen molar-refractivity contribution in [3.8, 4) is 0 Å². The van der Waals surface area contributed by atoms with Crippen molar-refractivity contribution in [2.45, 2.75) is 52.7 Å². The van der Waals surface area contributed by atoms with Gasteiger partial charge in [0.05, 0.1) is 6.61 Å². The fourth-order valence-electron chi connectivity index (χ4n) is 3.58. The number of ketones is 2. The van der Waals surface area contributed by atoms with E-state index in [-0.39, 0.29) is 17.5 Å². The normalized spacial score (nSPS) is 43.9. The second kappa shape index (κ2) is 4.42. The van der Waals surface area contributed by atoms with E-state index in [0.29, 0.717) is 25.9 Å². The van der Waals surface area contributed by atoms with Crippen LogP contribution in [0.2, 0.25) is 0 Å². The number of aliphatic hydroxyl groups is 1. The van der Waals surface area contributed by atoms with Gasteiger partial charge in [-0.2, -0.15) is 0 Å². The zero-order chi connectivity index (χ0) is 13.6. The fraction of sp³-hybridized carbons (Fsp3) is 0.857. The van der Waals surface area contributed by atoms with Crippen LogP contribution in [0.5, 0.6) is 0 Å². The summed E-state index contributed by atoms with van der Waals surface area (Å²) in [6.45, 7) is 5.88. The Labute approximate surface area is 108 Å². The number of aliphatic hydroxyl groups excluding tert-OH is 1. The Morgan fingerprint density at radius 1 is 1.50 bits per heavy atom. The maximum Gasteiger partial charge on any atom is 0.161 e. The van der Waals surface area contributed by atoms with E-state index in [2.05, 4.69) is 0 Å². The Bertz CT molecular complexity index is 378. The molecule has 102 valence electrons. The molecule has 0 spiro atoms. The van der Waals surface area contributed by atoms with Crippen molar-refractivity contribution in [1.82, 2.24) is 0 Å². The summed E-state index contributed by atoms with van der Waals surface area (Å²) in [6, 6.07) is 0. The molecule has 0 unspecified atom stereocenters. The molecule has 2 rings (SSSR count). The second-order valence-corrected chi connectivity index (χ2v) is 6.16. The van der Waals surface area contributed by atoms with Crippen LogP contribution in [0.4, 0.5) is 0 Å². The maximum absolute atomic E-state index is 12.3. The number of fused-ring (bicyclic) bond motifs is 1. The molecule has 0 aromatic heterocycles. The first-order valence-electron chi connectivity index (χ1n) is 6.65. The van der Waals surface area contributed by atoms with Crippen LogP contribution in [0.25, 0.3) is 0 Å². The SMILES string of the molecule is CC(=O)CC[C@@]1(C)C(=O)CC[C@H]2CO[C@@H](O)[C@@]21C. The summed E-state index contributed by atoms with van der Waals surface area (Å²) in [6.07, 6.45) is 1.31. The van der Waals surface area contributed by atoms with Crippen molar-refractivity contribution in [3.63, 3.8) is 0 Å². The molecule has 4 atom stereocenters. The summed E-state index contributed by atoms with van der Waals surface area (Å²) in [4.78, 5) is 23.6. The third kappa shape index (κ3) is 1.74.